The zero-order valence-electron chi connectivity index (χ0n) is 12.1. The molecule has 0 saturated carbocycles. The Morgan fingerprint density at radius 3 is 2.38 bits per heavy atom. The van der Waals surface area contributed by atoms with Crippen molar-refractivity contribution in [3.63, 3.8) is 0 Å². The zero-order valence-corrected chi connectivity index (χ0v) is 12.1. The monoisotopic (exact) mass is 293 g/mol. The van der Waals surface area contributed by atoms with Crippen LogP contribution in [0.25, 0.3) is 0 Å². The molecule has 7 nitrogen and oxygen atoms in total. The van der Waals surface area contributed by atoms with Gasteiger partial charge in [-0.3, -0.25) is 19.3 Å². The summed E-state index contributed by atoms with van der Waals surface area (Å²) in [5.74, 6) is -1.05. The largest absolute Gasteiger partial charge is 0.469 e. The number of amides is 2. The van der Waals surface area contributed by atoms with E-state index in [0.717, 1.165) is 0 Å². The van der Waals surface area contributed by atoms with E-state index in [2.05, 4.69) is 10.1 Å². The molecule has 0 aliphatic heterocycles. The molecule has 21 heavy (non-hydrogen) atoms. The molecule has 2 amide bonds. The Labute approximate surface area is 123 Å². The van der Waals surface area contributed by atoms with Gasteiger partial charge >= 0.3 is 5.97 Å². The summed E-state index contributed by atoms with van der Waals surface area (Å²) >= 11 is 0. The van der Waals surface area contributed by atoms with E-state index < -0.39 is 5.91 Å². The number of ether oxygens (including phenoxy) is 1. The number of carbonyl (C=O) groups excluding carboxylic acids is 3. The van der Waals surface area contributed by atoms with Gasteiger partial charge in [0.05, 0.1) is 20.1 Å². The number of nitrogens with two attached hydrogens (primary N) is 1. The standard InChI is InChI=1S/C14H19N3O4/c1-17(8-7-13(19)21-2)9-12(18)16-11-5-3-10(4-6-11)14(15)20/h3-6H,7-9H2,1-2H3,(H2,15,20)(H,16,18). The van der Waals surface area contributed by atoms with Crippen LogP contribution in [0.3, 0.4) is 0 Å². The molecule has 7 heteroatoms. The van der Waals surface area contributed by atoms with Crippen LogP contribution in [0.1, 0.15) is 16.8 Å². The fourth-order valence-corrected chi connectivity index (χ4v) is 1.63. The number of benzene rings is 1. The molecule has 0 unspecified atom stereocenters. The van der Waals surface area contributed by atoms with Gasteiger partial charge in [-0.2, -0.15) is 0 Å². The van der Waals surface area contributed by atoms with Crippen LogP contribution in [0, 0.1) is 0 Å². The highest BCUT2D eigenvalue weighted by molar-refractivity contribution is 5.95. The number of nitrogens with zero attached hydrogens (tertiary/aromatic N) is 1. The Hall–Kier alpha value is -2.41. The summed E-state index contributed by atoms with van der Waals surface area (Å²) in [6.45, 7) is 0.579. The predicted molar refractivity (Wildman–Crippen MR) is 77.7 cm³/mol. The third-order valence-electron chi connectivity index (χ3n) is 2.79. The van der Waals surface area contributed by atoms with E-state index in [9.17, 15) is 14.4 Å². The number of anilines is 1. The Bertz CT molecular complexity index is 513. The number of hydrogen-bond donors (Lipinski definition) is 2. The number of carbonyl (C=O) groups is 3. The number of hydrogen-bond acceptors (Lipinski definition) is 5. The van der Waals surface area contributed by atoms with Crippen molar-refractivity contribution in [3.05, 3.63) is 29.8 Å². The number of nitrogens with one attached hydrogen (secondary N) is 1. The second-order valence-corrected chi connectivity index (χ2v) is 4.55. The highest BCUT2D eigenvalue weighted by Gasteiger charge is 2.09. The second-order valence-electron chi connectivity index (χ2n) is 4.55. The van der Waals surface area contributed by atoms with Gasteiger partial charge in [-0.15, -0.1) is 0 Å². The number of methoxy groups -OCH3 is 1. The van der Waals surface area contributed by atoms with E-state index in [-0.39, 0.29) is 24.8 Å². The summed E-state index contributed by atoms with van der Waals surface area (Å²) in [7, 11) is 3.06. The fraction of sp³-hybridized carbons (Fsp3) is 0.357. The maximum Gasteiger partial charge on any atom is 0.306 e. The molecule has 0 fully saturated rings. The molecule has 0 aromatic heterocycles. The lowest BCUT2D eigenvalue weighted by molar-refractivity contribution is -0.141. The van der Waals surface area contributed by atoms with Crippen LogP contribution in [0.15, 0.2) is 24.3 Å². The van der Waals surface area contributed by atoms with E-state index in [1.165, 1.54) is 7.11 Å². The molecule has 0 saturated heterocycles. The molecule has 0 spiro atoms. The highest BCUT2D eigenvalue weighted by Crippen LogP contribution is 2.09. The smallest absolute Gasteiger partial charge is 0.306 e. The number of esters is 1. The Morgan fingerprint density at radius 2 is 1.86 bits per heavy atom. The molecule has 0 bridgehead atoms. The molecule has 0 aliphatic rings. The summed E-state index contributed by atoms with van der Waals surface area (Å²) < 4.78 is 4.53. The first-order valence-electron chi connectivity index (χ1n) is 6.37. The maximum atomic E-state index is 11.8. The van der Waals surface area contributed by atoms with Crippen LogP contribution in [-0.4, -0.2) is 49.9 Å². The van der Waals surface area contributed by atoms with Crippen LogP contribution in [0.4, 0.5) is 5.69 Å². The predicted octanol–water partition coefficient (Wildman–Crippen LogP) is 0.219. The Kier molecular flexibility index (Phi) is 6.35. The van der Waals surface area contributed by atoms with E-state index in [1.807, 2.05) is 0 Å². The van der Waals surface area contributed by atoms with Crippen molar-refractivity contribution in [2.45, 2.75) is 6.42 Å². The minimum absolute atomic E-state index is 0.147. The molecular weight excluding hydrogens is 274 g/mol. The number of rotatable bonds is 7. The summed E-state index contributed by atoms with van der Waals surface area (Å²) in [4.78, 5) is 35.4. The van der Waals surface area contributed by atoms with Crippen LogP contribution in [0.2, 0.25) is 0 Å². The lowest BCUT2D eigenvalue weighted by Gasteiger charge is -2.15. The summed E-state index contributed by atoms with van der Waals surface area (Å²) in [5.41, 5.74) is 6.08. The summed E-state index contributed by atoms with van der Waals surface area (Å²) in [6.07, 6.45) is 0.230. The first-order chi connectivity index (χ1) is 9.92. The molecule has 1 rings (SSSR count). The first-order valence-corrected chi connectivity index (χ1v) is 6.37. The van der Waals surface area contributed by atoms with Crippen molar-refractivity contribution < 1.29 is 19.1 Å². The molecule has 114 valence electrons. The molecule has 0 atom stereocenters. The van der Waals surface area contributed by atoms with Gasteiger partial charge in [-0.05, 0) is 31.3 Å². The lowest BCUT2D eigenvalue weighted by Crippen LogP contribution is -2.31. The first kappa shape index (κ1) is 16.6. The second kappa shape index (κ2) is 8.01. The molecular formula is C14H19N3O4. The van der Waals surface area contributed by atoms with E-state index >= 15 is 0 Å². The van der Waals surface area contributed by atoms with E-state index in [4.69, 9.17) is 5.73 Å². The van der Waals surface area contributed by atoms with Crippen molar-refractivity contribution in [2.24, 2.45) is 5.73 Å². The quantitative estimate of drug-likeness (QED) is 0.700. The molecule has 3 N–H and O–H groups in total. The van der Waals surface area contributed by atoms with Crippen molar-refractivity contribution in [1.82, 2.24) is 4.90 Å². The Morgan fingerprint density at radius 1 is 1.24 bits per heavy atom. The SMILES string of the molecule is COC(=O)CCN(C)CC(=O)Nc1ccc(C(N)=O)cc1. The highest BCUT2D eigenvalue weighted by atomic mass is 16.5. The average Bonchev–Trinajstić information content (AvgIpc) is 2.45. The minimum atomic E-state index is -0.518. The minimum Gasteiger partial charge on any atom is -0.469 e. The molecule has 0 radical (unpaired) electrons. The number of primary amides is 1. The van der Waals surface area contributed by atoms with Gasteiger partial charge < -0.3 is 15.8 Å². The van der Waals surface area contributed by atoms with Crippen molar-refractivity contribution in [3.8, 4) is 0 Å². The average molecular weight is 293 g/mol. The molecule has 0 heterocycles. The summed E-state index contributed by atoms with van der Waals surface area (Å²) in [5, 5.41) is 2.69. The van der Waals surface area contributed by atoms with Crippen LogP contribution in [0.5, 0.6) is 0 Å². The Balaban J connectivity index is 2.42. The lowest BCUT2D eigenvalue weighted by atomic mass is 10.2. The van der Waals surface area contributed by atoms with Crippen molar-refractivity contribution in [1.29, 1.82) is 0 Å². The van der Waals surface area contributed by atoms with Gasteiger partial charge in [-0.25, -0.2) is 0 Å². The van der Waals surface area contributed by atoms with Crippen LogP contribution in [-0.2, 0) is 14.3 Å². The molecule has 1 aromatic carbocycles. The summed E-state index contributed by atoms with van der Waals surface area (Å²) in [6, 6.07) is 6.29. The topological polar surface area (TPSA) is 102 Å². The van der Waals surface area contributed by atoms with Gasteiger partial charge in [-0.1, -0.05) is 0 Å². The normalized spacial score (nSPS) is 10.2. The van der Waals surface area contributed by atoms with E-state index in [1.54, 1.807) is 36.2 Å². The molecule has 0 aliphatic carbocycles. The third-order valence-corrected chi connectivity index (χ3v) is 2.79. The zero-order chi connectivity index (χ0) is 15.8. The third kappa shape index (κ3) is 6.05. The van der Waals surface area contributed by atoms with Gasteiger partial charge in [0.2, 0.25) is 11.8 Å². The number of likely N-dealkylation sites (N-methyl/N-ethyl adjacent to an activating group) is 1. The van der Waals surface area contributed by atoms with Crippen LogP contribution < -0.4 is 11.1 Å². The fourth-order valence-electron chi connectivity index (χ4n) is 1.63. The van der Waals surface area contributed by atoms with E-state index in [0.29, 0.717) is 17.8 Å². The maximum absolute atomic E-state index is 11.8. The van der Waals surface area contributed by atoms with Gasteiger partial charge in [0.25, 0.3) is 0 Å². The van der Waals surface area contributed by atoms with Gasteiger partial charge in [0, 0.05) is 17.8 Å². The van der Waals surface area contributed by atoms with Crippen molar-refractivity contribution >= 4 is 23.5 Å². The van der Waals surface area contributed by atoms with Crippen molar-refractivity contribution in [2.75, 3.05) is 32.6 Å². The van der Waals surface area contributed by atoms with Gasteiger partial charge in [0.15, 0.2) is 0 Å². The van der Waals surface area contributed by atoms with Gasteiger partial charge in [0.1, 0.15) is 0 Å². The molecule has 1 aromatic rings. The van der Waals surface area contributed by atoms with Crippen LogP contribution >= 0.6 is 0 Å².